The predicted octanol–water partition coefficient (Wildman–Crippen LogP) is 2.90. The summed E-state index contributed by atoms with van der Waals surface area (Å²) in [4.78, 5) is 27.1. The van der Waals surface area contributed by atoms with Crippen molar-refractivity contribution in [2.24, 2.45) is 0 Å². The quantitative estimate of drug-likeness (QED) is 0.357. The van der Waals surface area contributed by atoms with E-state index in [0.29, 0.717) is 23.9 Å². The number of rotatable bonds is 8. The molecule has 1 aliphatic heterocycles. The number of sulfonamides is 1. The first-order chi connectivity index (χ1) is 14.8. The summed E-state index contributed by atoms with van der Waals surface area (Å²) in [5.74, 6) is -0.193. The van der Waals surface area contributed by atoms with Crippen molar-refractivity contribution in [3.63, 3.8) is 0 Å². The molecule has 1 amide bonds. The second-order valence-corrected chi connectivity index (χ2v) is 9.71. The normalized spacial score (nSPS) is 14.7. The van der Waals surface area contributed by atoms with E-state index >= 15 is 0 Å². The number of aromatic nitrogens is 1. The number of pyridine rings is 1. The Morgan fingerprint density at radius 3 is 2.61 bits per heavy atom. The molecule has 2 aromatic rings. The molecule has 1 aromatic heterocycles. The Kier molecular flexibility index (Phi) is 7.46. The lowest BCUT2D eigenvalue weighted by molar-refractivity contribution is -0.384. The highest BCUT2D eigenvalue weighted by atomic mass is 32.2. The Bertz CT molecular complexity index is 1050. The Hall–Kier alpha value is -2.70. The van der Waals surface area contributed by atoms with E-state index < -0.39 is 20.9 Å². The fraction of sp³-hybridized carbons (Fsp3) is 0.368. The molecule has 0 atom stereocenters. The second-order valence-electron chi connectivity index (χ2n) is 6.77. The maximum absolute atomic E-state index is 12.7. The monoisotopic (exact) mass is 466 g/mol. The van der Waals surface area contributed by atoms with E-state index in [1.54, 1.807) is 6.07 Å². The smallest absolute Gasteiger partial charge is 0.296 e. The summed E-state index contributed by atoms with van der Waals surface area (Å²) in [6.07, 6.45) is 4.02. The Labute approximate surface area is 184 Å². The number of ether oxygens (including phenoxy) is 1. The number of nitrogens with one attached hydrogen (secondary N) is 1. The van der Waals surface area contributed by atoms with Crippen molar-refractivity contribution in [3.05, 3.63) is 46.6 Å². The van der Waals surface area contributed by atoms with Crippen LogP contribution in [0.5, 0.6) is 5.75 Å². The number of thioether (sulfide) groups is 1. The van der Waals surface area contributed by atoms with E-state index in [2.05, 4.69) is 10.3 Å². The molecule has 0 aliphatic carbocycles. The summed E-state index contributed by atoms with van der Waals surface area (Å²) < 4.78 is 31.7. The topological polar surface area (TPSA) is 132 Å². The third-order valence-corrected chi connectivity index (χ3v) is 7.51. The summed E-state index contributed by atoms with van der Waals surface area (Å²) in [6.45, 7) is 1.02. The zero-order valence-electron chi connectivity index (χ0n) is 16.8. The van der Waals surface area contributed by atoms with Gasteiger partial charge in [0.05, 0.1) is 28.9 Å². The Morgan fingerprint density at radius 1 is 1.26 bits per heavy atom. The van der Waals surface area contributed by atoms with Gasteiger partial charge in [0.15, 0.2) is 0 Å². The van der Waals surface area contributed by atoms with Gasteiger partial charge in [-0.1, -0.05) is 18.2 Å². The number of benzene rings is 1. The third-order valence-electron chi connectivity index (χ3n) is 4.69. The van der Waals surface area contributed by atoms with E-state index in [-0.39, 0.29) is 22.0 Å². The molecule has 0 spiro atoms. The van der Waals surface area contributed by atoms with Gasteiger partial charge in [-0.15, -0.1) is 0 Å². The first-order valence-electron chi connectivity index (χ1n) is 9.52. The zero-order chi connectivity index (χ0) is 22.4. The number of anilines is 1. The van der Waals surface area contributed by atoms with Crippen LogP contribution in [-0.2, 0) is 14.8 Å². The molecule has 10 nitrogen and oxygen atoms in total. The Balaban J connectivity index is 1.60. The molecule has 0 saturated carbocycles. The first-order valence-corrected chi connectivity index (χ1v) is 11.9. The van der Waals surface area contributed by atoms with Crippen LogP contribution < -0.4 is 10.1 Å². The number of hydrogen-bond donors (Lipinski definition) is 1. The maximum atomic E-state index is 12.7. The molecule has 1 aromatic carbocycles. The second kappa shape index (κ2) is 10.1. The fourth-order valence-electron chi connectivity index (χ4n) is 3.08. The van der Waals surface area contributed by atoms with Crippen molar-refractivity contribution in [1.29, 1.82) is 0 Å². The number of amides is 1. The van der Waals surface area contributed by atoms with Crippen LogP contribution in [0.1, 0.15) is 19.3 Å². The molecule has 1 saturated heterocycles. The van der Waals surface area contributed by atoms with Crippen molar-refractivity contribution in [2.45, 2.75) is 29.2 Å². The lowest BCUT2D eigenvalue weighted by Crippen LogP contribution is -2.35. The summed E-state index contributed by atoms with van der Waals surface area (Å²) >= 11 is 1.10. The highest BCUT2D eigenvalue weighted by Crippen LogP contribution is 2.29. The number of nitro groups is 1. The molecular formula is C19H22N4O6S2. The molecule has 0 radical (unpaired) electrons. The highest BCUT2D eigenvalue weighted by Gasteiger charge is 2.26. The van der Waals surface area contributed by atoms with Crippen LogP contribution in [0, 0.1) is 10.1 Å². The fourth-order valence-corrected chi connectivity index (χ4v) is 5.19. The number of nitrogens with zero attached hydrogens (tertiary/aromatic N) is 3. The van der Waals surface area contributed by atoms with Crippen LogP contribution in [-0.4, -0.2) is 54.5 Å². The van der Waals surface area contributed by atoms with Crippen molar-refractivity contribution in [3.8, 4) is 5.75 Å². The average molecular weight is 467 g/mol. The van der Waals surface area contributed by atoms with E-state index in [0.717, 1.165) is 31.0 Å². The van der Waals surface area contributed by atoms with Crippen LogP contribution in [0.2, 0.25) is 0 Å². The van der Waals surface area contributed by atoms with Gasteiger partial charge in [0, 0.05) is 19.3 Å². The average Bonchev–Trinajstić information content (AvgIpc) is 2.78. The van der Waals surface area contributed by atoms with Gasteiger partial charge in [-0.2, -0.15) is 4.31 Å². The molecule has 2 heterocycles. The lowest BCUT2D eigenvalue weighted by Gasteiger charge is -2.25. The molecule has 1 aliphatic rings. The molecule has 0 bridgehead atoms. The van der Waals surface area contributed by atoms with Crippen LogP contribution >= 0.6 is 11.8 Å². The predicted molar refractivity (Wildman–Crippen MR) is 116 cm³/mol. The van der Waals surface area contributed by atoms with Crippen LogP contribution in [0.3, 0.4) is 0 Å². The van der Waals surface area contributed by atoms with Crippen LogP contribution in [0.15, 0.2) is 46.5 Å². The molecule has 1 fully saturated rings. The number of carbonyl (C=O) groups is 1. The maximum Gasteiger partial charge on any atom is 0.296 e. The first kappa shape index (κ1) is 23.0. The number of hydrogen-bond acceptors (Lipinski definition) is 8. The van der Waals surface area contributed by atoms with Gasteiger partial charge in [-0.3, -0.25) is 14.9 Å². The number of piperidine rings is 1. The van der Waals surface area contributed by atoms with Crippen LogP contribution in [0.4, 0.5) is 11.4 Å². The number of carbonyl (C=O) groups excluding carboxylic acids is 1. The number of methoxy groups -OCH3 is 1. The van der Waals surface area contributed by atoms with E-state index in [1.165, 1.54) is 41.9 Å². The molecular weight excluding hydrogens is 444 g/mol. The van der Waals surface area contributed by atoms with E-state index in [4.69, 9.17) is 4.74 Å². The summed E-state index contributed by atoms with van der Waals surface area (Å²) in [7, 11) is -2.17. The molecule has 1 N–H and O–H groups in total. The van der Waals surface area contributed by atoms with Crippen molar-refractivity contribution >= 4 is 39.1 Å². The van der Waals surface area contributed by atoms with Gasteiger partial charge in [-0.25, -0.2) is 13.4 Å². The highest BCUT2D eigenvalue weighted by molar-refractivity contribution is 7.99. The van der Waals surface area contributed by atoms with E-state index in [1.807, 2.05) is 0 Å². The van der Waals surface area contributed by atoms with Gasteiger partial charge < -0.3 is 10.1 Å². The minimum absolute atomic E-state index is 0.0472. The van der Waals surface area contributed by atoms with Crippen molar-refractivity contribution < 1.29 is 22.9 Å². The molecule has 0 unspecified atom stereocenters. The largest absolute Gasteiger partial charge is 0.496 e. The molecule has 166 valence electrons. The Morgan fingerprint density at radius 2 is 2.00 bits per heavy atom. The van der Waals surface area contributed by atoms with Gasteiger partial charge in [0.25, 0.3) is 5.69 Å². The lowest BCUT2D eigenvalue weighted by atomic mass is 10.2. The number of nitro benzene ring substituents is 1. The van der Waals surface area contributed by atoms with Gasteiger partial charge >= 0.3 is 0 Å². The minimum Gasteiger partial charge on any atom is -0.496 e. The molecule has 12 heteroatoms. The summed E-state index contributed by atoms with van der Waals surface area (Å²) in [5.41, 5.74) is -0.213. The summed E-state index contributed by atoms with van der Waals surface area (Å²) in [5, 5.41) is 14.2. The zero-order valence-corrected chi connectivity index (χ0v) is 18.4. The SMILES string of the molecule is COc1ccc(NC(=O)CSc2ccc(S(=O)(=O)N3CCCCC3)cn2)c([N+](=O)[O-])c1. The van der Waals surface area contributed by atoms with E-state index in [9.17, 15) is 23.3 Å². The molecule has 3 rings (SSSR count). The minimum atomic E-state index is -3.56. The third kappa shape index (κ3) is 5.71. The van der Waals surface area contributed by atoms with Gasteiger partial charge in [0.1, 0.15) is 16.3 Å². The van der Waals surface area contributed by atoms with Crippen molar-refractivity contribution in [2.75, 3.05) is 31.3 Å². The van der Waals surface area contributed by atoms with Gasteiger partial charge in [-0.05, 0) is 37.1 Å². The standard InChI is InChI=1S/C19H22N4O6S2/c1-29-14-5-7-16(17(11-14)23(25)26)21-18(24)13-30-19-8-6-15(12-20-19)31(27,28)22-9-3-2-4-10-22/h5-8,11-12H,2-4,9-10,13H2,1H3,(H,21,24). The van der Waals surface area contributed by atoms with Crippen molar-refractivity contribution in [1.82, 2.24) is 9.29 Å². The van der Waals surface area contributed by atoms with Crippen LogP contribution in [0.25, 0.3) is 0 Å². The molecule has 31 heavy (non-hydrogen) atoms. The summed E-state index contributed by atoms with van der Waals surface area (Å²) in [6, 6.07) is 7.17. The van der Waals surface area contributed by atoms with Gasteiger partial charge in [0.2, 0.25) is 15.9 Å².